The average molecular weight is 380 g/mol. The minimum Gasteiger partial charge on any atom is -0.370 e. The zero-order valence-corrected chi connectivity index (χ0v) is 16.7. The number of fused-ring (bicyclic) bond motifs is 1. The highest BCUT2D eigenvalue weighted by atomic mass is 16.2. The first-order valence-corrected chi connectivity index (χ1v) is 10.1. The highest BCUT2D eigenvalue weighted by Gasteiger charge is 2.25. The second-order valence-electron chi connectivity index (χ2n) is 7.72. The molecule has 4 rings (SSSR count). The fourth-order valence-electron chi connectivity index (χ4n) is 4.16. The smallest absolute Gasteiger partial charge is 0.219 e. The summed E-state index contributed by atoms with van der Waals surface area (Å²) in [4.78, 5) is 30.1. The maximum atomic E-state index is 11.8. The summed E-state index contributed by atoms with van der Waals surface area (Å²) in [7, 11) is 2.21. The predicted octanol–water partition coefficient (Wildman–Crippen LogP) is 2.34. The van der Waals surface area contributed by atoms with Crippen LogP contribution >= 0.6 is 0 Å². The molecule has 4 heterocycles. The van der Waals surface area contributed by atoms with Crippen LogP contribution in [-0.4, -0.2) is 63.4 Å². The number of carbonyl (C=O) groups excluding carboxylic acids is 1. The van der Waals surface area contributed by atoms with Gasteiger partial charge in [-0.15, -0.1) is 0 Å². The van der Waals surface area contributed by atoms with Crippen LogP contribution in [0, 0.1) is 0 Å². The summed E-state index contributed by atoms with van der Waals surface area (Å²) in [6.07, 6.45) is 6.20. The molecule has 1 amide bonds. The molecule has 148 valence electrons. The van der Waals surface area contributed by atoms with E-state index in [1.807, 2.05) is 23.1 Å². The minimum atomic E-state index is 0.0856. The van der Waals surface area contributed by atoms with Gasteiger partial charge in [-0.05, 0) is 51.4 Å². The van der Waals surface area contributed by atoms with Crippen molar-refractivity contribution < 1.29 is 4.79 Å². The number of aromatic nitrogens is 3. The first-order valence-electron chi connectivity index (χ1n) is 10.1. The standard InChI is InChI=1S/C21H28N6O/c1-15(28)27-13-9-17-19(14-27)24-21(18-7-3-4-10-22-18)25-20(17)23-11-8-16-6-5-12-26(16)2/h3-4,7,10,16H,5-6,8-9,11-14H2,1-2H3,(H,23,24,25). The van der Waals surface area contributed by atoms with Crippen molar-refractivity contribution in [3.63, 3.8) is 0 Å². The van der Waals surface area contributed by atoms with Gasteiger partial charge in [0.25, 0.3) is 0 Å². The molecule has 1 N–H and O–H groups in total. The molecule has 2 aliphatic rings. The second-order valence-corrected chi connectivity index (χ2v) is 7.72. The van der Waals surface area contributed by atoms with Gasteiger partial charge >= 0.3 is 0 Å². The van der Waals surface area contributed by atoms with Crippen LogP contribution in [0.4, 0.5) is 5.82 Å². The lowest BCUT2D eigenvalue weighted by molar-refractivity contribution is -0.129. The predicted molar refractivity (Wildman–Crippen MR) is 109 cm³/mol. The fraction of sp³-hybridized carbons (Fsp3) is 0.524. The van der Waals surface area contributed by atoms with Crippen molar-refractivity contribution in [3.05, 3.63) is 35.7 Å². The van der Waals surface area contributed by atoms with E-state index in [-0.39, 0.29) is 5.91 Å². The first-order chi connectivity index (χ1) is 13.6. The third kappa shape index (κ3) is 3.99. The third-order valence-electron chi connectivity index (χ3n) is 5.85. The van der Waals surface area contributed by atoms with Crippen molar-refractivity contribution in [2.75, 3.05) is 32.0 Å². The zero-order valence-electron chi connectivity index (χ0n) is 16.7. The third-order valence-corrected chi connectivity index (χ3v) is 5.85. The highest BCUT2D eigenvalue weighted by Crippen LogP contribution is 2.27. The molecule has 7 heteroatoms. The van der Waals surface area contributed by atoms with Crippen molar-refractivity contribution in [2.45, 2.75) is 45.2 Å². The Kier molecular flexibility index (Phi) is 5.52. The normalized spacial score (nSPS) is 19.5. The Morgan fingerprint density at radius 3 is 2.89 bits per heavy atom. The van der Waals surface area contributed by atoms with Crippen molar-refractivity contribution in [2.24, 2.45) is 0 Å². The van der Waals surface area contributed by atoms with E-state index in [2.05, 4.69) is 22.2 Å². The van der Waals surface area contributed by atoms with Crippen LogP contribution in [-0.2, 0) is 17.8 Å². The molecule has 0 aliphatic carbocycles. The monoisotopic (exact) mass is 380 g/mol. The van der Waals surface area contributed by atoms with Gasteiger partial charge in [0.2, 0.25) is 5.91 Å². The van der Waals surface area contributed by atoms with Gasteiger partial charge in [-0.1, -0.05) is 6.07 Å². The van der Waals surface area contributed by atoms with E-state index in [0.717, 1.165) is 42.2 Å². The molecule has 0 radical (unpaired) electrons. The highest BCUT2D eigenvalue weighted by molar-refractivity contribution is 5.74. The molecule has 0 saturated carbocycles. The molecule has 0 bridgehead atoms. The molecule has 2 aliphatic heterocycles. The van der Waals surface area contributed by atoms with Crippen LogP contribution in [0.5, 0.6) is 0 Å². The number of likely N-dealkylation sites (tertiary alicyclic amines) is 1. The molecule has 0 spiro atoms. The lowest BCUT2D eigenvalue weighted by Crippen LogP contribution is -2.35. The first kappa shape index (κ1) is 18.8. The molecular formula is C21H28N6O. The van der Waals surface area contributed by atoms with Gasteiger partial charge < -0.3 is 15.1 Å². The summed E-state index contributed by atoms with van der Waals surface area (Å²) in [5.74, 6) is 1.60. The lowest BCUT2D eigenvalue weighted by Gasteiger charge is -2.29. The summed E-state index contributed by atoms with van der Waals surface area (Å²) in [5, 5.41) is 3.57. The Labute approximate surface area is 166 Å². The number of amides is 1. The van der Waals surface area contributed by atoms with Gasteiger partial charge in [0.15, 0.2) is 5.82 Å². The Morgan fingerprint density at radius 2 is 2.18 bits per heavy atom. The number of nitrogens with zero attached hydrogens (tertiary/aromatic N) is 5. The summed E-state index contributed by atoms with van der Waals surface area (Å²) in [6, 6.07) is 6.39. The number of nitrogens with one attached hydrogen (secondary N) is 1. The number of rotatable bonds is 5. The van der Waals surface area contributed by atoms with Crippen molar-refractivity contribution in [1.29, 1.82) is 0 Å². The van der Waals surface area contributed by atoms with E-state index in [4.69, 9.17) is 9.97 Å². The molecule has 28 heavy (non-hydrogen) atoms. The van der Waals surface area contributed by atoms with Crippen LogP contribution in [0.15, 0.2) is 24.4 Å². The summed E-state index contributed by atoms with van der Waals surface area (Å²) < 4.78 is 0. The van der Waals surface area contributed by atoms with E-state index in [1.165, 1.54) is 19.4 Å². The van der Waals surface area contributed by atoms with Crippen molar-refractivity contribution >= 4 is 11.7 Å². The molecule has 0 aromatic carbocycles. The van der Waals surface area contributed by atoms with Crippen LogP contribution in [0.1, 0.15) is 37.4 Å². The topological polar surface area (TPSA) is 74.2 Å². The van der Waals surface area contributed by atoms with Crippen LogP contribution in [0.2, 0.25) is 0 Å². The van der Waals surface area contributed by atoms with E-state index in [0.29, 0.717) is 25.0 Å². The van der Waals surface area contributed by atoms with Gasteiger partial charge in [0, 0.05) is 37.8 Å². The largest absolute Gasteiger partial charge is 0.370 e. The maximum Gasteiger partial charge on any atom is 0.219 e. The van der Waals surface area contributed by atoms with Gasteiger partial charge in [0.05, 0.1) is 12.2 Å². The Bertz CT molecular complexity index is 840. The Balaban J connectivity index is 1.58. The zero-order chi connectivity index (χ0) is 19.5. The Morgan fingerprint density at radius 1 is 1.29 bits per heavy atom. The number of hydrogen-bond donors (Lipinski definition) is 1. The second kappa shape index (κ2) is 8.22. The molecule has 1 fully saturated rings. The number of hydrogen-bond acceptors (Lipinski definition) is 6. The molecule has 2 aromatic heterocycles. The van der Waals surface area contributed by atoms with Crippen LogP contribution in [0.25, 0.3) is 11.5 Å². The summed E-state index contributed by atoms with van der Waals surface area (Å²) in [6.45, 7) is 4.94. The van der Waals surface area contributed by atoms with Gasteiger partial charge in [-0.2, -0.15) is 0 Å². The fourth-order valence-corrected chi connectivity index (χ4v) is 4.16. The minimum absolute atomic E-state index is 0.0856. The van der Waals surface area contributed by atoms with Gasteiger partial charge in [-0.25, -0.2) is 9.97 Å². The quantitative estimate of drug-likeness (QED) is 0.858. The average Bonchev–Trinajstić information content (AvgIpc) is 3.12. The number of pyridine rings is 1. The van der Waals surface area contributed by atoms with E-state index >= 15 is 0 Å². The van der Waals surface area contributed by atoms with Crippen molar-refractivity contribution in [1.82, 2.24) is 24.8 Å². The maximum absolute atomic E-state index is 11.8. The summed E-state index contributed by atoms with van der Waals surface area (Å²) >= 11 is 0. The van der Waals surface area contributed by atoms with Crippen molar-refractivity contribution in [3.8, 4) is 11.5 Å². The van der Waals surface area contributed by atoms with Gasteiger partial charge in [-0.3, -0.25) is 9.78 Å². The Hall–Kier alpha value is -2.54. The summed E-state index contributed by atoms with van der Waals surface area (Å²) in [5.41, 5.74) is 2.82. The molecular weight excluding hydrogens is 352 g/mol. The van der Waals surface area contributed by atoms with Crippen LogP contribution < -0.4 is 5.32 Å². The lowest BCUT2D eigenvalue weighted by atomic mass is 10.0. The SMILES string of the molecule is CC(=O)N1CCc2c(nc(-c3ccccn3)nc2NCCC2CCCN2C)C1. The van der Waals surface area contributed by atoms with Crippen LogP contribution in [0.3, 0.4) is 0 Å². The molecule has 7 nitrogen and oxygen atoms in total. The number of anilines is 1. The molecule has 1 unspecified atom stereocenters. The van der Waals surface area contributed by atoms with Gasteiger partial charge in [0.1, 0.15) is 11.5 Å². The molecule has 2 aromatic rings. The van der Waals surface area contributed by atoms with E-state index in [1.54, 1.807) is 13.1 Å². The van der Waals surface area contributed by atoms with E-state index < -0.39 is 0 Å². The molecule has 1 saturated heterocycles. The van der Waals surface area contributed by atoms with E-state index in [9.17, 15) is 4.79 Å². The molecule has 1 atom stereocenters. The number of carbonyl (C=O) groups is 1.